The Morgan fingerprint density at radius 1 is 1.19 bits per heavy atom. The van der Waals surface area contributed by atoms with Crippen molar-refractivity contribution in [1.82, 2.24) is 4.57 Å². The first-order chi connectivity index (χ1) is 17.8. The molecule has 2 heterocycles. The van der Waals surface area contributed by atoms with E-state index in [0.717, 1.165) is 11.1 Å². The van der Waals surface area contributed by atoms with Crippen molar-refractivity contribution in [2.24, 2.45) is 4.99 Å². The van der Waals surface area contributed by atoms with Crippen LogP contribution in [0.4, 0.5) is 0 Å². The first kappa shape index (κ1) is 25.9. The molecule has 1 unspecified atom stereocenters. The van der Waals surface area contributed by atoms with Gasteiger partial charge in [-0.25, -0.2) is 9.79 Å². The van der Waals surface area contributed by atoms with E-state index in [1.165, 1.54) is 11.3 Å². The fraction of sp³-hybridized carbons (Fsp3) is 0.286. The van der Waals surface area contributed by atoms with Crippen LogP contribution in [0.1, 0.15) is 44.9 Å². The molecule has 0 saturated carbocycles. The first-order valence-electron chi connectivity index (χ1n) is 11.9. The molecule has 3 aromatic rings. The minimum atomic E-state index is -0.661. The molecule has 0 saturated heterocycles. The van der Waals surface area contributed by atoms with Crippen LogP contribution in [0, 0.1) is 11.3 Å². The molecule has 2 aromatic carbocycles. The Morgan fingerprint density at radius 3 is 2.62 bits per heavy atom. The second kappa shape index (κ2) is 11.3. The molecule has 1 aromatic heterocycles. The lowest BCUT2D eigenvalue weighted by Gasteiger charge is -2.25. The van der Waals surface area contributed by atoms with Crippen LogP contribution in [0.15, 0.2) is 69.6 Å². The number of rotatable bonds is 8. The van der Waals surface area contributed by atoms with Crippen LogP contribution < -0.4 is 24.4 Å². The number of thiazole rings is 1. The molecule has 8 nitrogen and oxygen atoms in total. The maximum Gasteiger partial charge on any atom is 0.338 e. The Morgan fingerprint density at radius 2 is 1.95 bits per heavy atom. The quantitative estimate of drug-likeness (QED) is 0.424. The van der Waals surface area contributed by atoms with E-state index < -0.39 is 12.0 Å². The van der Waals surface area contributed by atoms with E-state index >= 15 is 0 Å². The van der Waals surface area contributed by atoms with Crippen molar-refractivity contribution in [2.45, 2.75) is 39.8 Å². The van der Waals surface area contributed by atoms with Crippen molar-refractivity contribution >= 4 is 23.4 Å². The highest BCUT2D eigenvalue weighted by Gasteiger charge is 2.33. The predicted octanol–water partition coefficient (Wildman–Crippen LogP) is 3.49. The molecular formula is C28H27N3O5S. The van der Waals surface area contributed by atoms with Gasteiger partial charge in [0.25, 0.3) is 5.56 Å². The van der Waals surface area contributed by atoms with Gasteiger partial charge in [0.2, 0.25) is 0 Å². The smallest absolute Gasteiger partial charge is 0.338 e. The van der Waals surface area contributed by atoms with Gasteiger partial charge in [-0.05, 0) is 57.0 Å². The van der Waals surface area contributed by atoms with E-state index in [1.807, 2.05) is 43.3 Å². The van der Waals surface area contributed by atoms with Gasteiger partial charge in [-0.3, -0.25) is 9.36 Å². The van der Waals surface area contributed by atoms with Crippen LogP contribution in [0.5, 0.6) is 11.5 Å². The fourth-order valence-corrected chi connectivity index (χ4v) is 5.12. The molecular weight excluding hydrogens is 490 g/mol. The van der Waals surface area contributed by atoms with Crippen molar-refractivity contribution in [3.8, 4) is 17.6 Å². The number of ether oxygens (including phenoxy) is 3. The molecule has 37 heavy (non-hydrogen) atoms. The maximum absolute atomic E-state index is 13.7. The van der Waals surface area contributed by atoms with Crippen LogP contribution in [0.3, 0.4) is 0 Å². The van der Waals surface area contributed by atoms with Gasteiger partial charge in [0.15, 0.2) is 22.9 Å². The van der Waals surface area contributed by atoms with E-state index in [0.29, 0.717) is 38.7 Å². The zero-order chi connectivity index (χ0) is 26.5. The number of fused-ring (bicyclic) bond motifs is 1. The minimum absolute atomic E-state index is 0.0988. The highest BCUT2D eigenvalue weighted by Crippen LogP contribution is 2.31. The van der Waals surface area contributed by atoms with Crippen molar-refractivity contribution in [1.29, 1.82) is 5.26 Å². The van der Waals surface area contributed by atoms with E-state index in [2.05, 4.69) is 4.99 Å². The van der Waals surface area contributed by atoms with Crippen LogP contribution in [-0.4, -0.2) is 29.9 Å². The van der Waals surface area contributed by atoms with Gasteiger partial charge in [-0.2, -0.15) is 5.26 Å². The largest absolute Gasteiger partial charge is 0.490 e. The molecule has 0 N–H and O–H groups in total. The van der Waals surface area contributed by atoms with Gasteiger partial charge in [-0.1, -0.05) is 47.7 Å². The summed E-state index contributed by atoms with van der Waals surface area (Å²) in [6.45, 7) is 7.50. The number of carbonyl (C=O) groups is 1. The zero-order valence-electron chi connectivity index (χ0n) is 21.1. The number of nitrogens with zero attached hydrogens (tertiary/aromatic N) is 3. The minimum Gasteiger partial charge on any atom is -0.490 e. The van der Waals surface area contributed by atoms with Crippen LogP contribution in [-0.2, 0) is 9.53 Å². The highest BCUT2D eigenvalue weighted by molar-refractivity contribution is 7.07. The van der Waals surface area contributed by atoms with Crippen molar-refractivity contribution < 1.29 is 19.0 Å². The molecule has 0 amide bonds. The van der Waals surface area contributed by atoms with Crippen LogP contribution >= 0.6 is 11.3 Å². The van der Waals surface area contributed by atoms with Gasteiger partial charge >= 0.3 is 5.97 Å². The summed E-state index contributed by atoms with van der Waals surface area (Å²) in [4.78, 5) is 32.0. The average Bonchev–Trinajstić information content (AvgIpc) is 3.17. The lowest BCUT2D eigenvalue weighted by Crippen LogP contribution is -2.40. The van der Waals surface area contributed by atoms with Crippen molar-refractivity contribution in [3.05, 3.63) is 90.6 Å². The molecule has 0 bridgehead atoms. The SMILES string of the molecule is CCOc1cc(C=c2sc3n(c2=O)C(c2ccccc2)C(C(=O)OC(C)C)=C(C)N=3)ccc1OCC#N. The molecule has 1 aliphatic heterocycles. The number of carbonyl (C=O) groups excluding carboxylic acids is 1. The van der Waals surface area contributed by atoms with Crippen molar-refractivity contribution in [3.63, 3.8) is 0 Å². The Kier molecular flexibility index (Phi) is 7.89. The summed E-state index contributed by atoms with van der Waals surface area (Å²) in [6.07, 6.45) is 1.45. The number of esters is 1. The lowest BCUT2D eigenvalue weighted by atomic mass is 9.96. The summed E-state index contributed by atoms with van der Waals surface area (Å²) in [5.41, 5.74) is 2.12. The lowest BCUT2D eigenvalue weighted by molar-refractivity contribution is -0.143. The first-order valence-corrected chi connectivity index (χ1v) is 12.7. The topological polar surface area (TPSA) is 103 Å². The fourth-order valence-electron chi connectivity index (χ4n) is 4.07. The summed E-state index contributed by atoms with van der Waals surface area (Å²) in [5, 5.41) is 8.83. The van der Waals surface area contributed by atoms with E-state index in [9.17, 15) is 9.59 Å². The molecule has 0 radical (unpaired) electrons. The average molecular weight is 518 g/mol. The van der Waals surface area contributed by atoms with Gasteiger partial charge in [0.1, 0.15) is 6.07 Å². The molecule has 190 valence electrons. The summed E-state index contributed by atoms with van der Waals surface area (Å²) < 4.78 is 18.7. The van der Waals surface area contributed by atoms with Crippen LogP contribution in [0.2, 0.25) is 0 Å². The Balaban J connectivity index is 1.86. The molecule has 0 spiro atoms. The Hall–Kier alpha value is -4.16. The molecule has 0 aliphatic carbocycles. The summed E-state index contributed by atoms with van der Waals surface area (Å²) in [5.74, 6) is 0.444. The normalized spacial score (nSPS) is 15.1. The number of aromatic nitrogens is 1. The highest BCUT2D eigenvalue weighted by atomic mass is 32.1. The third-order valence-electron chi connectivity index (χ3n) is 5.56. The summed E-state index contributed by atoms with van der Waals surface area (Å²) in [6, 6.07) is 15.9. The Labute approximate surface area is 218 Å². The standard InChI is InChI=1S/C28H27N3O5S/c1-5-34-22-15-19(11-12-21(22)35-14-13-29)16-23-26(32)31-25(20-9-7-6-8-10-20)24(27(33)36-17(2)3)18(4)30-28(31)37-23/h6-12,15-17,25H,5,14H2,1-4H3. The van der Waals surface area contributed by atoms with Crippen LogP contribution in [0.25, 0.3) is 6.08 Å². The summed E-state index contributed by atoms with van der Waals surface area (Å²) in [7, 11) is 0. The number of hydrogen-bond donors (Lipinski definition) is 0. The molecule has 1 atom stereocenters. The third-order valence-corrected chi connectivity index (χ3v) is 6.54. The number of allylic oxidation sites excluding steroid dienone is 1. The monoisotopic (exact) mass is 517 g/mol. The number of benzene rings is 2. The maximum atomic E-state index is 13.7. The molecule has 4 rings (SSSR count). The van der Waals surface area contributed by atoms with E-state index in [4.69, 9.17) is 19.5 Å². The summed E-state index contributed by atoms with van der Waals surface area (Å²) >= 11 is 1.25. The van der Waals surface area contributed by atoms with Gasteiger partial charge < -0.3 is 14.2 Å². The van der Waals surface area contributed by atoms with Crippen molar-refractivity contribution in [2.75, 3.05) is 13.2 Å². The molecule has 9 heteroatoms. The Bertz CT molecular complexity index is 1560. The zero-order valence-corrected chi connectivity index (χ0v) is 21.9. The molecule has 0 fully saturated rings. The van der Waals surface area contributed by atoms with E-state index in [1.54, 1.807) is 49.6 Å². The van der Waals surface area contributed by atoms with Gasteiger partial charge in [-0.15, -0.1) is 0 Å². The second-order valence-corrected chi connectivity index (χ2v) is 9.54. The number of nitriles is 1. The number of hydrogen-bond acceptors (Lipinski definition) is 8. The predicted molar refractivity (Wildman–Crippen MR) is 140 cm³/mol. The third kappa shape index (κ3) is 5.49. The van der Waals surface area contributed by atoms with Gasteiger partial charge in [0, 0.05) is 0 Å². The van der Waals surface area contributed by atoms with Gasteiger partial charge in [0.05, 0.1) is 34.6 Å². The molecule has 1 aliphatic rings. The second-order valence-electron chi connectivity index (χ2n) is 8.53. The van der Waals surface area contributed by atoms with E-state index in [-0.39, 0.29) is 18.3 Å².